The third-order valence-corrected chi connectivity index (χ3v) is 2.86. The van der Waals surface area contributed by atoms with Gasteiger partial charge in [-0.05, 0) is 7.05 Å². The quantitative estimate of drug-likeness (QED) is 0.696. The van der Waals surface area contributed by atoms with E-state index in [1.807, 2.05) is 18.5 Å². The van der Waals surface area contributed by atoms with Gasteiger partial charge in [0.25, 0.3) is 0 Å². The van der Waals surface area contributed by atoms with Crippen molar-refractivity contribution in [2.24, 2.45) is 0 Å². The first kappa shape index (κ1) is 14.6. The van der Waals surface area contributed by atoms with E-state index in [0.29, 0.717) is 31.5 Å². The van der Waals surface area contributed by atoms with Crippen molar-refractivity contribution in [1.29, 1.82) is 0 Å². The Kier molecular flexibility index (Phi) is 5.19. The molecule has 0 unspecified atom stereocenters. The second-order valence-corrected chi connectivity index (χ2v) is 4.55. The molecule has 0 aromatic carbocycles. The molecule has 2 heterocycles. The number of rotatable bonds is 8. The van der Waals surface area contributed by atoms with Gasteiger partial charge in [0.2, 0.25) is 11.8 Å². The van der Waals surface area contributed by atoms with Crippen LogP contribution in [0.2, 0.25) is 0 Å². The fraction of sp³-hybridized carbons (Fsp3) is 0.667. The van der Waals surface area contributed by atoms with E-state index in [0.717, 1.165) is 18.8 Å². The van der Waals surface area contributed by atoms with Gasteiger partial charge in [-0.25, -0.2) is 0 Å². The van der Waals surface area contributed by atoms with Crippen molar-refractivity contribution >= 4 is 0 Å². The summed E-state index contributed by atoms with van der Waals surface area (Å²) in [5.41, 5.74) is 0. The lowest BCUT2D eigenvalue weighted by Crippen LogP contribution is -2.21. The molecule has 2 rings (SSSR count). The van der Waals surface area contributed by atoms with Gasteiger partial charge in [-0.1, -0.05) is 6.92 Å². The summed E-state index contributed by atoms with van der Waals surface area (Å²) < 4.78 is 12.5. The molecule has 0 fully saturated rings. The molecule has 0 aliphatic heterocycles. The molecule has 0 saturated carbocycles. The lowest BCUT2D eigenvalue weighted by atomic mass is 10.4. The largest absolute Gasteiger partial charge is 0.424 e. The molecular weight excluding hydrogens is 260 g/mol. The Morgan fingerprint density at radius 1 is 1.25 bits per heavy atom. The first-order valence-electron chi connectivity index (χ1n) is 6.58. The Hall–Kier alpha value is -1.80. The molecule has 2 aromatic heterocycles. The minimum absolute atomic E-state index is 0.587. The van der Waals surface area contributed by atoms with Gasteiger partial charge in [-0.2, -0.15) is 0 Å². The van der Waals surface area contributed by atoms with E-state index in [4.69, 9.17) is 9.15 Å². The van der Waals surface area contributed by atoms with Gasteiger partial charge in [-0.3, -0.25) is 4.90 Å². The highest BCUT2D eigenvalue weighted by molar-refractivity contribution is 4.87. The monoisotopic (exact) mass is 280 g/mol. The summed E-state index contributed by atoms with van der Waals surface area (Å²) in [5, 5.41) is 16.0. The van der Waals surface area contributed by atoms with Crippen molar-refractivity contribution in [3.8, 4) is 0 Å². The summed E-state index contributed by atoms with van der Waals surface area (Å²) in [4.78, 5) is 2.06. The Morgan fingerprint density at radius 2 is 2.05 bits per heavy atom. The number of hydrogen-bond donors (Lipinski definition) is 0. The molecule has 0 bridgehead atoms. The molecule has 0 radical (unpaired) electrons. The van der Waals surface area contributed by atoms with Crippen LogP contribution in [0.4, 0.5) is 0 Å². The summed E-state index contributed by atoms with van der Waals surface area (Å²) in [5.74, 6) is 2.17. The number of methoxy groups -OCH3 is 1. The average Bonchev–Trinajstić information content (AvgIpc) is 3.05. The summed E-state index contributed by atoms with van der Waals surface area (Å²) in [6, 6.07) is 0. The maximum Gasteiger partial charge on any atom is 0.230 e. The molecule has 110 valence electrons. The topological polar surface area (TPSA) is 82.1 Å². The van der Waals surface area contributed by atoms with Crippen LogP contribution in [0.3, 0.4) is 0 Å². The molecular formula is C12H20N6O2. The van der Waals surface area contributed by atoms with Gasteiger partial charge in [0.05, 0.1) is 19.7 Å². The fourth-order valence-corrected chi connectivity index (χ4v) is 1.80. The molecule has 20 heavy (non-hydrogen) atoms. The summed E-state index contributed by atoms with van der Waals surface area (Å²) >= 11 is 0. The fourth-order valence-electron chi connectivity index (χ4n) is 1.80. The lowest BCUT2D eigenvalue weighted by molar-refractivity contribution is 0.184. The van der Waals surface area contributed by atoms with Gasteiger partial charge in [0, 0.05) is 20.1 Å². The van der Waals surface area contributed by atoms with Crippen LogP contribution in [-0.4, -0.2) is 50.6 Å². The molecule has 0 N–H and O–H groups in total. The minimum atomic E-state index is 0.587. The van der Waals surface area contributed by atoms with Crippen LogP contribution in [0.25, 0.3) is 0 Å². The summed E-state index contributed by atoms with van der Waals surface area (Å²) in [7, 11) is 3.65. The molecule has 0 aliphatic carbocycles. The highest BCUT2D eigenvalue weighted by Crippen LogP contribution is 2.06. The SMILES string of the molecule is CCc1nnc(CN(C)Cc2nncn2CCOC)o1. The van der Waals surface area contributed by atoms with Crippen LogP contribution in [-0.2, 0) is 30.8 Å². The van der Waals surface area contributed by atoms with E-state index >= 15 is 0 Å². The van der Waals surface area contributed by atoms with E-state index in [-0.39, 0.29) is 0 Å². The van der Waals surface area contributed by atoms with E-state index in [9.17, 15) is 0 Å². The van der Waals surface area contributed by atoms with Crippen molar-refractivity contribution in [2.45, 2.75) is 33.0 Å². The molecule has 0 saturated heterocycles. The number of nitrogens with zero attached hydrogens (tertiary/aromatic N) is 6. The van der Waals surface area contributed by atoms with Gasteiger partial charge in [0.15, 0.2) is 0 Å². The zero-order chi connectivity index (χ0) is 14.4. The lowest BCUT2D eigenvalue weighted by Gasteiger charge is -2.14. The third-order valence-electron chi connectivity index (χ3n) is 2.86. The van der Waals surface area contributed by atoms with Gasteiger partial charge in [-0.15, -0.1) is 20.4 Å². The molecule has 0 aliphatic rings. The second kappa shape index (κ2) is 7.11. The van der Waals surface area contributed by atoms with Crippen molar-refractivity contribution < 1.29 is 9.15 Å². The Balaban J connectivity index is 1.90. The first-order valence-corrected chi connectivity index (χ1v) is 6.58. The van der Waals surface area contributed by atoms with Gasteiger partial charge in [0.1, 0.15) is 12.2 Å². The van der Waals surface area contributed by atoms with E-state index in [1.165, 1.54) is 0 Å². The maximum atomic E-state index is 5.49. The summed E-state index contributed by atoms with van der Waals surface area (Å²) in [6.07, 6.45) is 2.46. The number of hydrogen-bond acceptors (Lipinski definition) is 7. The van der Waals surface area contributed by atoms with Gasteiger partial charge >= 0.3 is 0 Å². The third kappa shape index (κ3) is 3.84. The highest BCUT2D eigenvalue weighted by Gasteiger charge is 2.11. The normalized spacial score (nSPS) is 11.4. The summed E-state index contributed by atoms with van der Waals surface area (Å²) in [6.45, 7) is 4.61. The zero-order valence-electron chi connectivity index (χ0n) is 12.1. The Morgan fingerprint density at radius 3 is 2.75 bits per heavy atom. The van der Waals surface area contributed by atoms with E-state index < -0.39 is 0 Å². The van der Waals surface area contributed by atoms with Gasteiger partial charge < -0.3 is 13.7 Å². The van der Waals surface area contributed by atoms with Crippen molar-refractivity contribution in [1.82, 2.24) is 29.9 Å². The predicted molar refractivity (Wildman–Crippen MR) is 70.7 cm³/mol. The van der Waals surface area contributed by atoms with Crippen LogP contribution in [0.15, 0.2) is 10.7 Å². The van der Waals surface area contributed by atoms with Crippen molar-refractivity contribution in [2.75, 3.05) is 20.8 Å². The smallest absolute Gasteiger partial charge is 0.230 e. The van der Waals surface area contributed by atoms with Crippen molar-refractivity contribution in [3.63, 3.8) is 0 Å². The van der Waals surface area contributed by atoms with Crippen LogP contribution in [0, 0.1) is 0 Å². The molecule has 0 spiro atoms. The minimum Gasteiger partial charge on any atom is -0.424 e. The maximum absolute atomic E-state index is 5.49. The zero-order valence-corrected chi connectivity index (χ0v) is 12.1. The number of ether oxygens (including phenoxy) is 1. The standard InChI is InChI=1S/C12H20N6O2/c1-4-11-15-16-12(20-11)8-17(2)7-10-14-13-9-18(10)5-6-19-3/h9H,4-8H2,1-3H3. The first-order chi connectivity index (χ1) is 9.72. The molecule has 8 heteroatoms. The number of aryl methyl sites for hydroxylation is 1. The van der Waals surface area contributed by atoms with Crippen molar-refractivity contribution in [3.05, 3.63) is 23.9 Å². The predicted octanol–water partition coefficient (Wildman–Crippen LogP) is 0.502. The van der Waals surface area contributed by atoms with Crippen LogP contribution in [0.5, 0.6) is 0 Å². The molecule has 8 nitrogen and oxygen atoms in total. The highest BCUT2D eigenvalue weighted by atomic mass is 16.5. The Bertz CT molecular complexity index is 524. The van der Waals surface area contributed by atoms with Crippen LogP contribution < -0.4 is 0 Å². The van der Waals surface area contributed by atoms with Crippen LogP contribution >= 0.6 is 0 Å². The van der Waals surface area contributed by atoms with E-state index in [1.54, 1.807) is 13.4 Å². The van der Waals surface area contributed by atoms with E-state index in [2.05, 4.69) is 25.3 Å². The second-order valence-electron chi connectivity index (χ2n) is 4.55. The number of aromatic nitrogens is 5. The molecule has 2 aromatic rings. The average molecular weight is 280 g/mol. The Labute approximate surface area is 117 Å². The molecule has 0 atom stereocenters. The molecule has 0 amide bonds. The van der Waals surface area contributed by atoms with Crippen LogP contribution in [0.1, 0.15) is 24.5 Å².